The maximum Gasteiger partial charge on any atom is 0.115 e. The van der Waals surface area contributed by atoms with Crippen molar-refractivity contribution in [2.24, 2.45) is 0 Å². The Morgan fingerprint density at radius 3 is 2.82 bits per heavy atom. The van der Waals surface area contributed by atoms with Gasteiger partial charge in [0.1, 0.15) is 6.33 Å². The Labute approximate surface area is 103 Å². The Bertz CT molecular complexity index is 329. The van der Waals surface area contributed by atoms with Crippen molar-refractivity contribution in [3.05, 3.63) is 24.3 Å². The van der Waals surface area contributed by atoms with Crippen LogP contribution in [0.15, 0.2) is 18.7 Å². The Morgan fingerprint density at radius 2 is 2.06 bits per heavy atom. The molecule has 1 atom stereocenters. The lowest BCUT2D eigenvalue weighted by Gasteiger charge is -2.37. The summed E-state index contributed by atoms with van der Waals surface area (Å²) in [7, 11) is 4.38. The summed E-state index contributed by atoms with van der Waals surface area (Å²) >= 11 is 0. The molecule has 1 aliphatic heterocycles. The zero-order valence-electron chi connectivity index (χ0n) is 10.6. The highest BCUT2D eigenvalue weighted by Crippen LogP contribution is 2.05. The highest BCUT2D eigenvalue weighted by molar-refractivity contribution is 5.01. The fraction of sp³-hybridized carbons (Fsp3) is 0.667. The Kier molecular flexibility index (Phi) is 4.42. The predicted molar refractivity (Wildman–Crippen MR) is 67.7 cm³/mol. The van der Waals surface area contributed by atoms with E-state index in [0.717, 1.165) is 31.7 Å². The monoisotopic (exact) mass is 235 g/mol. The standard InChI is InChI=1S/C12H21N5/c1-16-3-4-17(2)12(9-16)8-13-5-11-6-14-10-15-7-11/h6-7,10,12-13H,3-5,8-9H2,1-2H3. The summed E-state index contributed by atoms with van der Waals surface area (Å²) in [6.07, 6.45) is 5.28. The van der Waals surface area contributed by atoms with Crippen LogP contribution < -0.4 is 5.32 Å². The van der Waals surface area contributed by atoms with E-state index in [0.29, 0.717) is 6.04 Å². The number of rotatable bonds is 4. The van der Waals surface area contributed by atoms with Crippen LogP contribution in [-0.2, 0) is 6.54 Å². The minimum absolute atomic E-state index is 0.596. The summed E-state index contributed by atoms with van der Waals surface area (Å²) in [6, 6.07) is 0.596. The molecule has 5 nitrogen and oxygen atoms in total. The maximum atomic E-state index is 4.01. The minimum atomic E-state index is 0.596. The van der Waals surface area contributed by atoms with Crippen molar-refractivity contribution in [1.29, 1.82) is 0 Å². The van der Waals surface area contributed by atoms with Gasteiger partial charge in [0.15, 0.2) is 0 Å². The summed E-state index contributed by atoms with van der Waals surface area (Å²) in [4.78, 5) is 12.8. The van der Waals surface area contributed by atoms with Crippen LogP contribution in [0, 0.1) is 0 Å². The van der Waals surface area contributed by atoms with Gasteiger partial charge in [0.05, 0.1) is 0 Å². The molecule has 17 heavy (non-hydrogen) atoms. The van der Waals surface area contributed by atoms with Crippen LogP contribution in [0.1, 0.15) is 5.56 Å². The average Bonchev–Trinajstić information content (AvgIpc) is 2.35. The van der Waals surface area contributed by atoms with Gasteiger partial charge in [-0.1, -0.05) is 0 Å². The fourth-order valence-electron chi connectivity index (χ4n) is 2.13. The predicted octanol–water partition coefficient (Wildman–Crippen LogP) is -0.188. The van der Waals surface area contributed by atoms with Crippen LogP contribution in [-0.4, -0.2) is 66.1 Å². The van der Waals surface area contributed by atoms with Gasteiger partial charge in [0.2, 0.25) is 0 Å². The first-order valence-corrected chi connectivity index (χ1v) is 6.09. The lowest BCUT2D eigenvalue weighted by molar-refractivity contribution is 0.113. The molecule has 1 aromatic rings. The molecule has 2 rings (SSSR count). The zero-order chi connectivity index (χ0) is 12.1. The van der Waals surface area contributed by atoms with Crippen molar-refractivity contribution >= 4 is 0 Å². The van der Waals surface area contributed by atoms with E-state index in [2.05, 4.69) is 39.2 Å². The number of nitrogens with one attached hydrogen (secondary N) is 1. The van der Waals surface area contributed by atoms with Crippen molar-refractivity contribution in [3.8, 4) is 0 Å². The summed E-state index contributed by atoms with van der Waals surface area (Å²) in [5, 5.41) is 3.47. The van der Waals surface area contributed by atoms with Gasteiger partial charge in [-0.3, -0.25) is 4.90 Å². The molecule has 0 aromatic carbocycles. The number of hydrogen-bond acceptors (Lipinski definition) is 5. The van der Waals surface area contributed by atoms with Crippen molar-refractivity contribution < 1.29 is 0 Å². The highest BCUT2D eigenvalue weighted by atomic mass is 15.3. The largest absolute Gasteiger partial charge is 0.311 e. The van der Waals surface area contributed by atoms with Crippen LogP contribution in [0.4, 0.5) is 0 Å². The Balaban J connectivity index is 1.74. The molecule has 1 aromatic heterocycles. The fourth-order valence-corrected chi connectivity index (χ4v) is 2.13. The van der Waals surface area contributed by atoms with Crippen molar-refractivity contribution in [2.75, 3.05) is 40.3 Å². The van der Waals surface area contributed by atoms with Crippen LogP contribution >= 0.6 is 0 Å². The molecule has 0 amide bonds. The van der Waals surface area contributed by atoms with Gasteiger partial charge < -0.3 is 10.2 Å². The van der Waals surface area contributed by atoms with Crippen molar-refractivity contribution in [2.45, 2.75) is 12.6 Å². The molecule has 1 saturated heterocycles. The molecule has 1 fully saturated rings. The number of hydrogen-bond donors (Lipinski definition) is 1. The van der Waals surface area contributed by atoms with E-state index in [9.17, 15) is 0 Å². The van der Waals surface area contributed by atoms with E-state index >= 15 is 0 Å². The SMILES string of the molecule is CN1CCN(C)C(CNCc2cncnc2)C1. The second-order valence-corrected chi connectivity index (χ2v) is 4.77. The van der Waals surface area contributed by atoms with Gasteiger partial charge in [-0.15, -0.1) is 0 Å². The molecule has 2 heterocycles. The molecule has 0 aliphatic carbocycles. The lowest BCUT2D eigenvalue weighted by Crippen LogP contribution is -2.53. The van der Waals surface area contributed by atoms with E-state index in [1.165, 1.54) is 6.54 Å². The minimum Gasteiger partial charge on any atom is -0.311 e. The van der Waals surface area contributed by atoms with Gasteiger partial charge in [-0.05, 0) is 14.1 Å². The average molecular weight is 235 g/mol. The highest BCUT2D eigenvalue weighted by Gasteiger charge is 2.21. The zero-order valence-corrected chi connectivity index (χ0v) is 10.6. The molecule has 0 bridgehead atoms. The Hall–Kier alpha value is -1.04. The molecule has 1 unspecified atom stereocenters. The molecule has 1 N–H and O–H groups in total. The third-order valence-electron chi connectivity index (χ3n) is 3.30. The van der Waals surface area contributed by atoms with Crippen LogP contribution in [0.3, 0.4) is 0 Å². The third-order valence-corrected chi connectivity index (χ3v) is 3.30. The number of nitrogens with zero attached hydrogens (tertiary/aromatic N) is 4. The molecule has 1 aliphatic rings. The van der Waals surface area contributed by atoms with Crippen molar-refractivity contribution in [1.82, 2.24) is 25.1 Å². The lowest BCUT2D eigenvalue weighted by atomic mass is 10.2. The van der Waals surface area contributed by atoms with Crippen LogP contribution in [0.25, 0.3) is 0 Å². The smallest absolute Gasteiger partial charge is 0.115 e. The summed E-state index contributed by atoms with van der Waals surface area (Å²) < 4.78 is 0. The number of piperazine rings is 1. The van der Waals surface area contributed by atoms with Crippen LogP contribution in [0.5, 0.6) is 0 Å². The van der Waals surface area contributed by atoms with E-state index in [1.54, 1.807) is 6.33 Å². The maximum absolute atomic E-state index is 4.01. The molecule has 0 spiro atoms. The third kappa shape index (κ3) is 3.73. The molecule has 5 heteroatoms. The van der Waals surface area contributed by atoms with Gasteiger partial charge in [0, 0.05) is 56.7 Å². The summed E-state index contributed by atoms with van der Waals surface area (Å²) in [5.74, 6) is 0. The van der Waals surface area contributed by atoms with Crippen molar-refractivity contribution in [3.63, 3.8) is 0 Å². The van der Waals surface area contributed by atoms with Gasteiger partial charge in [0.25, 0.3) is 0 Å². The second-order valence-electron chi connectivity index (χ2n) is 4.77. The summed E-state index contributed by atoms with van der Waals surface area (Å²) in [5.41, 5.74) is 1.14. The molecule has 94 valence electrons. The van der Waals surface area contributed by atoms with Gasteiger partial charge in [-0.25, -0.2) is 9.97 Å². The first-order chi connectivity index (χ1) is 8.25. The normalized spacial score (nSPS) is 22.8. The van der Waals surface area contributed by atoms with E-state index in [4.69, 9.17) is 0 Å². The van der Waals surface area contributed by atoms with Gasteiger partial charge >= 0.3 is 0 Å². The first kappa shape index (κ1) is 12.4. The Morgan fingerprint density at radius 1 is 1.29 bits per heavy atom. The van der Waals surface area contributed by atoms with E-state index < -0.39 is 0 Å². The van der Waals surface area contributed by atoms with Crippen LogP contribution in [0.2, 0.25) is 0 Å². The number of likely N-dealkylation sites (N-methyl/N-ethyl adjacent to an activating group) is 2. The second kappa shape index (κ2) is 6.05. The number of aromatic nitrogens is 2. The van der Waals surface area contributed by atoms with E-state index in [1.807, 2.05) is 12.4 Å². The topological polar surface area (TPSA) is 44.3 Å². The first-order valence-electron chi connectivity index (χ1n) is 6.09. The molecular formula is C12H21N5. The van der Waals surface area contributed by atoms with Gasteiger partial charge in [-0.2, -0.15) is 0 Å². The molecular weight excluding hydrogens is 214 g/mol. The quantitative estimate of drug-likeness (QED) is 0.784. The molecule has 0 radical (unpaired) electrons. The van der Waals surface area contributed by atoms with E-state index in [-0.39, 0.29) is 0 Å². The molecule has 0 saturated carbocycles. The summed E-state index contributed by atoms with van der Waals surface area (Å²) in [6.45, 7) is 5.30.